The average Bonchev–Trinajstić information content (AvgIpc) is 2.38. The summed E-state index contributed by atoms with van der Waals surface area (Å²) in [5.41, 5.74) is -0.883. The zero-order chi connectivity index (χ0) is 14.9. The summed E-state index contributed by atoms with van der Waals surface area (Å²) in [4.78, 5) is 5.57. The fourth-order valence-corrected chi connectivity index (χ4v) is 2.29. The number of morpholine rings is 1. The number of aliphatic hydroxyl groups excluding tert-OH is 1. The number of hydrogen-bond donors (Lipinski definition) is 1. The van der Waals surface area contributed by atoms with Crippen molar-refractivity contribution in [2.24, 2.45) is 0 Å². The van der Waals surface area contributed by atoms with Crippen LogP contribution in [0.2, 0.25) is 5.02 Å². The quantitative estimate of drug-likeness (QED) is 0.911. The molecule has 0 amide bonds. The number of pyridine rings is 1. The maximum Gasteiger partial charge on any atom is 0.417 e. The number of ether oxygens (including phenoxy) is 1. The van der Waals surface area contributed by atoms with Gasteiger partial charge in [0.15, 0.2) is 0 Å². The Morgan fingerprint density at radius 3 is 2.80 bits per heavy atom. The van der Waals surface area contributed by atoms with Crippen LogP contribution in [-0.4, -0.2) is 42.0 Å². The molecule has 1 aliphatic rings. The lowest BCUT2D eigenvalue weighted by Gasteiger charge is -2.38. The Bertz CT molecular complexity index is 484. The molecule has 1 N–H and O–H groups in total. The van der Waals surface area contributed by atoms with Crippen LogP contribution in [0.5, 0.6) is 0 Å². The largest absolute Gasteiger partial charge is 0.417 e. The first kappa shape index (κ1) is 15.3. The number of nitrogens with zero attached hydrogens (tertiary/aromatic N) is 2. The molecule has 2 unspecified atom stereocenters. The number of aromatic nitrogens is 1. The van der Waals surface area contributed by atoms with Crippen LogP contribution >= 0.6 is 11.6 Å². The first-order valence-corrected chi connectivity index (χ1v) is 6.42. The summed E-state index contributed by atoms with van der Waals surface area (Å²) < 4.78 is 43.1. The van der Waals surface area contributed by atoms with Gasteiger partial charge in [-0.15, -0.1) is 0 Å². The molecule has 0 saturated carbocycles. The number of hydrogen-bond acceptors (Lipinski definition) is 4. The third kappa shape index (κ3) is 3.16. The molecule has 112 valence electrons. The predicted molar refractivity (Wildman–Crippen MR) is 67.9 cm³/mol. The van der Waals surface area contributed by atoms with E-state index >= 15 is 0 Å². The van der Waals surface area contributed by atoms with Crippen LogP contribution in [-0.2, 0) is 10.9 Å². The molecule has 2 atom stereocenters. The van der Waals surface area contributed by atoms with Crippen LogP contribution in [0, 0.1) is 0 Å². The van der Waals surface area contributed by atoms with Crippen molar-refractivity contribution in [3.05, 3.63) is 22.8 Å². The van der Waals surface area contributed by atoms with E-state index in [0.717, 1.165) is 12.3 Å². The molecule has 2 rings (SSSR count). The Balaban J connectivity index is 2.28. The fraction of sp³-hybridized carbons (Fsp3) is 0.583. The van der Waals surface area contributed by atoms with Gasteiger partial charge in [0.25, 0.3) is 0 Å². The number of aliphatic hydroxyl groups is 1. The van der Waals surface area contributed by atoms with E-state index in [4.69, 9.17) is 21.4 Å². The number of alkyl halides is 3. The monoisotopic (exact) mass is 310 g/mol. The summed E-state index contributed by atoms with van der Waals surface area (Å²) in [7, 11) is 0. The highest BCUT2D eigenvalue weighted by Gasteiger charge is 2.33. The molecule has 0 radical (unpaired) electrons. The van der Waals surface area contributed by atoms with Gasteiger partial charge >= 0.3 is 6.18 Å². The second-order valence-electron chi connectivity index (χ2n) is 4.67. The minimum absolute atomic E-state index is 0.0646. The molecule has 1 fully saturated rings. The van der Waals surface area contributed by atoms with E-state index in [1.54, 1.807) is 4.90 Å². The van der Waals surface area contributed by atoms with E-state index < -0.39 is 17.8 Å². The standard InChI is InChI=1S/C12H14ClF3N2O2/c1-7-6-20-9(5-19)4-18(7)11-10(13)2-8(3-17-11)12(14,15)16/h2-3,7,9,19H,4-6H2,1H3. The second kappa shape index (κ2) is 5.75. The van der Waals surface area contributed by atoms with E-state index in [1.807, 2.05) is 6.92 Å². The van der Waals surface area contributed by atoms with Gasteiger partial charge in [-0.3, -0.25) is 0 Å². The number of anilines is 1. The first-order valence-electron chi connectivity index (χ1n) is 6.04. The minimum Gasteiger partial charge on any atom is -0.394 e. The van der Waals surface area contributed by atoms with Gasteiger partial charge in [0.2, 0.25) is 0 Å². The van der Waals surface area contributed by atoms with Gasteiger partial charge < -0.3 is 14.7 Å². The summed E-state index contributed by atoms with van der Waals surface area (Å²) in [6.45, 7) is 2.37. The zero-order valence-electron chi connectivity index (χ0n) is 10.7. The van der Waals surface area contributed by atoms with E-state index in [0.29, 0.717) is 13.2 Å². The highest BCUT2D eigenvalue weighted by Crippen LogP contribution is 2.34. The Kier molecular flexibility index (Phi) is 4.41. The lowest BCUT2D eigenvalue weighted by Crippen LogP contribution is -2.50. The molecule has 1 saturated heterocycles. The molecule has 2 heterocycles. The molecule has 0 bridgehead atoms. The van der Waals surface area contributed by atoms with Gasteiger partial charge in [0.05, 0.1) is 35.9 Å². The maximum atomic E-state index is 12.6. The van der Waals surface area contributed by atoms with Gasteiger partial charge in [-0.1, -0.05) is 11.6 Å². The summed E-state index contributed by atoms with van der Waals surface area (Å²) in [6.07, 6.45) is -4.11. The van der Waals surface area contributed by atoms with E-state index in [9.17, 15) is 13.2 Å². The molecular weight excluding hydrogens is 297 g/mol. The smallest absolute Gasteiger partial charge is 0.394 e. The molecule has 0 aromatic carbocycles. The van der Waals surface area contributed by atoms with Crippen LogP contribution in [0.15, 0.2) is 12.3 Å². The van der Waals surface area contributed by atoms with Crippen LogP contribution in [0.25, 0.3) is 0 Å². The lowest BCUT2D eigenvalue weighted by atomic mass is 10.2. The minimum atomic E-state index is -4.47. The van der Waals surface area contributed by atoms with E-state index in [1.165, 1.54) is 0 Å². The van der Waals surface area contributed by atoms with Crippen molar-refractivity contribution in [2.45, 2.75) is 25.2 Å². The van der Waals surface area contributed by atoms with E-state index in [-0.39, 0.29) is 23.5 Å². The zero-order valence-corrected chi connectivity index (χ0v) is 11.4. The normalized spacial score (nSPS) is 24.0. The van der Waals surface area contributed by atoms with Crippen molar-refractivity contribution in [2.75, 3.05) is 24.7 Å². The topological polar surface area (TPSA) is 45.6 Å². The summed E-state index contributed by atoms with van der Waals surface area (Å²) in [5, 5.41) is 9.04. The summed E-state index contributed by atoms with van der Waals surface area (Å²) in [6, 6.07) is 0.777. The van der Waals surface area contributed by atoms with Crippen molar-refractivity contribution >= 4 is 17.4 Å². The average molecular weight is 311 g/mol. The van der Waals surface area contributed by atoms with Crippen LogP contribution < -0.4 is 4.90 Å². The molecule has 0 aliphatic carbocycles. The van der Waals surface area contributed by atoms with Gasteiger partial charge in [-0.25, -0.2) is 4.98 Å². The molecule has 1 aliphatic heterocycles. The van der Waals surface area contributed by atoms with Crippen LogP contribution in [0.1, 0.15) is 12.5 Å². The third-order valence-corrected chi connectivity index (χ3v) is 3.41. The SMILES string of the molecule is CC1COC(CO)CN1c1ncc(C(F)(F)F)cc1Cl. The van der Waals surface area contributed by atoms with Gasteiger partial charge in [-0.2, -0.15) is 13.2 Å². The predicted octanol–water partition coefficient (Wildman–Crippen LogP) is 2.34. The molecule has 0 spiro atoms. The molecule has 8 heteroatoms. The molecule has 1 aromatic rings. The van der Waals surface area contributed by atoms with Crippen molar-refractivity contribution in [3.8, 4) is 0 Å². The summed E-state index contributed by atoms with van der Waals surface area (Å²) >= 11 is 5.92. The maximum absolute atomic E-state index is 12.6. The Hall–Kier alpha value is -1.05. The molecular formula is C12H14ClF3N2O2. The van der Waals surface area contributed by atoms with E-state index in [2.05, 4.69) is 4.98 Å². The Morgan fingerprint density at radius 1 is 1.55 bits per heavy atom. The molecule has 4 nitrogen and oxygen atoms in total. The number of halogens is 4. The second-order valence-corrected chi connectivity index (χ2v) is 5.07. The first-order chi connectivity index (χ1) is 9.32. The van der Waals surface area contributed by atoms with Gasteiger partial charge in [0.1, 0.15) is 5.82 Å². The molecule has 20 heavy (non-hydrogen) atoms. The van der Waals surface area contributed by atoms with Crippen molar-refractivity contribution < 1.29 is 23.0 Å². The summed E-state index contributed by atoms with van der Waals surface area (Å²) in [5.74, 6) is 0.272. The highest BCUT2D eigenvalue weighted by atomic mass is 35.5. The Morgan fingerprint density at radius 2 is 2.25 bits per heavy atom. The third-order valence-electron chi connectivity index (χ3n) is 3.13. The van der Waals surface area contributed by atoms with Crippen molar-refractivity contribution in [3.63, 3.8) is 0 Å². The lowest BCUT2D eigenvalue weighted by molar-refractivity contribution is -0.137. The van der Waals surface area contributed by atoms with Crippen LogP contribution in [0.4, 0.5) is 19.0 Å². The van der Waals surface area contributed by atoms with Crippen LogP contribution in [0.3, 0.4) is 0 Å². The molecule has 1 aromatic heterocycles. The van der Waals surface area contributed by atoms with Crippen molar-refractivity contribution in [1.82, 2.24) is 4.98 Å². The van der Waals surface area contributed by atoms with Gasteiger partial charge in [-0.05, 0) is 13.0 Å². The van der Waals surface area contributed by atoms with Gasteiger partial charge in [0, 0.05) is 12.7 Å². The highest BCUT2D eigenvalue weighted by molar-refractivity contribution is 6.33. The number of rotatable bonds is 2. The fourth-order valence-electron chi connectivity index (χ4n) is 2.02. The Labute approximate surface area is 119 Å². The van der Waals surface area contributed by atoms with Crippen molar-refractivity contribution in [1.29, 1.82) is 0 Å².